The van der Waals surface area contributed by atoms with E-state index in [1.807, 2.05) is 12.1 Å². The highest BCUT2D eigenvalue weighted by Crippen LogP contribution is 2.24. The average molecular weight is 240 g/mol. The van der Waals surface area contributed by atoms with Crippen LogP contribution in [0.25, 0.3) is 11.4 Å². The minimum atomic E-state index is 0.140. The van der Waals surface area contributed by atoms with Crippen molar-refractivity contribution >= 4 is 6.29 Å². The zero-order valence-corrected chi connectivity index (χ0v) is 10.8. The van der Waals surface area contributed by atoms with E-state index >= 15 is 0 Å². The molecule has 3 heteroatoms. The molecule has 92 valence electrons. The molecule has 3 nitrogen and oxygen atoms in total. The van der Waals surface area contributed by atoms with Gasteiger partial charge in [0.25, 0.3) is 0 Å². The molecule has 0 aliphatic carbocycles. The molecule has 0 saturated carbocycles. The summed E-state index contributed by atoms with van der Waals surface area (Å²) in [5.41, 5.74) is 2.86. The van der Waals surface area contributed by atoms with E-state index in [-0.39, 0.29) is 5.41 Å². The predicted octanol–water partition coefficient (Wildman–Crippen LogP) is 3.25. The maximum absolute atomic E-state index is 10.5. The van der Waals surface area contributed by atoms with Crippen molar-refractivity contribution in [3.8, 4) is 11.4 Å². The monoisotopic (exact) mass is 240 g/mol. The Balaban J connectivity index is 2.31. The highest BCUT2D eigenvalue weighted by Gasteiger charge is 2.13. The topological polar surface area (TPSA) is 42.9 Å². The Hall–Kier alpha value is -2.03. The Morgan fingerprint density at radius 1 is 1.00 bits per heavy atom. The van der Waals surface area contributed by atoms with Gasteiger partial charge in [-0.3, -0.25) is 4.79 Å². The molecule has 0 atom stereocenters. The fourth-order valence-electron chi connectivity index (χ4n) is 1.67. The van der Waals surface area contributed by atoms with E-state index < -0.39 is 0 Å². The second kappa shape index (κ2) is 4.69. The van der Waals surface area contributed by atoms with Gasteiger partial charge in [0, 0.05) is 18.0 Å². The van der Waals surface area contributed by atoms with Crippen LogP contribution >= 0.6 is 0 Å². The van der Waals surface area contributed by atoms with Gasteiger partial charge in [0.2, 0.25) is 0 Å². The first kappa shape index (κ1) is 12.4. The molecule has 2 rings (SSSR count). The number of rotatable bonds is 2. The zero-order chi connectivity index (χ0) is 13.2. The average Bonchev–Trinajstić information content (AvgIpc) is 2.38. The molecule has 0 aliphatic rings. The minimum Gasteiger partial charge on any atom is -0.298 e. The number of carbonyl (C=O) groups excluding carboxylic acids is 1. The third-order valence-electron chi connectivity index (χ3n) is 2.82. The van der Waals surface area contributed by atoms with Crippen LogP contribution in [0, 0.1) is 0 Å². The summed E-state index contributed by atoms with van der Waals surface area (Å²) in [4.78, 5) is 18.9. The second-order valence-electron chi connectivity index (χ2n) is 5.29. The van der Waals surface area contributed by atoms with Crippen molar-refractivity contribution in [2.45, 2.75) is 26.2 Å². The van der Waals surface area contributed by atoms with Crippen LogP contribution in [0.2, 0.25) is 0 Å². The van der Waals surface area contributed by atoms with Crippen LogP contribution in [0.3, 0.4) is 0 Å². The smallest absolute Gasteiger partial charge is 0.159 e. The molecule has 1 aromatic carbocycles. The van der Waals surface area contributed by atoms with Crippen molar-refractivity contribution in [2.75, 3.05) is 0 Å². The third-order valence-corrected chi connectivity index (χ3v) is 2.82. The zero-order valence-electron chi connectivity index (χ0n) is 10.8. The van der Waals surface area contributed by atoms with Crippen LogP contribution in [0.15, 0.2) is 36.7 Å². The van der Waals surface area contributed by atoms with Gasteiger partial charge in [0.15, 0.2) is 12.1 Å². The van der Waals surface area contributed by atoms with Crippen LogP contribution in [-0.4, -0.2) is 16.3 Å². The molecule has 0 radical (unpaired) electrons. The van der Waals surface area contributed by atoms with Gasteiger partial charge in [-0.1, -0.05) is 45.0 Å². The molecule has 0 fully saturated rings. The number of hydrogen-bond acceptors (Lipinski definition) is 3. The number of aldehydes is 1. The molecule has 0 saturated heterocycles. The SMILES string of the molecule is CC(C)(C)c1ccc(-c2ncc(C=O)cn2)cc1. The first-order valence-electron chi connectivity index (χ1n) is 5.89. The second-order valence-corrected chi connectivity index (χ2v) is 5.29. The lowest BCUT2D eigenvalue weighted by molar-refractivity contribution is 0.112. The van der Waals surface area contributed by atoms with Crippen LogP contribution in [0.1, 0.15) is 36.7 Å². The Labute approximate surface area is 107 Å². The van der Waals surface area contributed by atoms with Crippen molar-refractivity contribution in [3.63, 3.8) is 0 Å². The lowest BCUT2D eigenvalue weighted by Crippen LogP contribution is -2.10. The van der Waals surface area contributed by atoms with E-state index in [2.05, 4.69) is 42.9 Å². The fraction of sp³-hybridized carbons (Fsp3) is 0.267. The number of hydrogen-bond donors (Lipinski definition) is 0. The molecule has 1 aromatic heterocycles. The molecular weight excluding hydrogens is 224 g/mol. The van der Waals surface area contributed by atoms with E-state index in [4.69, 9.17) is 0 Å². The van der Waals surface area contributed by atoms with Gasteiger partial charge >= 0.3 is 0 Å². The molecule has 0 N–H and O–H groups in total. The van der Waals surface area contributed by atoms with Crippen LogP contribution < -0.4 is 0 Å². The largest absolute Gasteiger partial charge is 0.298 e. The Morgan fingerprint density at radius 2 is 1.56 bits per heavy atom. The van der Waals surface area contributed by atoms with Crippen molar-refractivity contribution in [1.29, 1.82) is 0 Å². The normalized spacial score (nSPS) is 11.3. The van der Waals surface area contributed by atoms with E-state index in [0.717, 1.165) is 11.8 Å². The van der Waals surface area contributed by atoms with Crippen molar-refractivity contribution in [3.05, 3.63) is 47.8 Å². The molecule has 2 aromatic rings. The standard InChI is InChI=1S/C15H16N2O/c1-15(2,3)13-6-4-12(5-7-13)14-16-8-11(10-18)9-17-14/h4-10H,1-3H3. The number of benzene rings is 1. The summed E-state index contributed by atoms with van der Waals surface area (Å²) in [5, 5.41) is 0. The summed E-state index contributed by atoms with van der Waals surface area (Å²) in [6.07, 6.45) is 3.81. The van der Waals surface area contributed by atoms with Crippen LogP contribution in [0.4, 0.5) is 0 Å². The Kier molecular flexibility index (Phi) is 3.24. The van der Waals surface area contributed by atoms with E-state index in [1.165, 1.54) is 18.0 Å². The quantitative estimate of drug-likeness (QED) is 0.757. The first-order chi connectivity index (χ1) is 8.50. The van der Waals surface area contributed by atoms with E-state index in [0.29, 0.717) is 11.4 Å². The maximum Gasteiger partial charge on any atom is 0.159 e. The minimum absolute atomic E-state index is 0.140. The van der Waals surface area contributed by atoms with E-state index in [1.54, 1.807) is 0 Å². The lowest BCUT2D eigenvalue weighted by atomic mass is 9.87. The van der Waals surface area contributed by atoms with Gasteiger partial charge in [-0.15, -0.1) is 0 Å². The van der Waals surface area contributed by atoms with Gasteiger partial charge in [0.1, 0.15) is 0 Å². The summed E-state index contributed by atoms with van der Waals surface area (Å²) >= 11 is 0. The molecule has 18 heavy (non-hydrogen) atoms. The number of aromatic nitrogens is 2. The molecule has 0 aliphatic heterocycles. The highest BCUT2D eigenvalue weighted by atomic mass is 16.1. The summed E-state index contributed by atoms with van der Waals surface area (Å²) in [6.45, 7) is 6.53. The summed E-state index contributed by atoms with van der Waals surface area (Å²) in [7, 11) is 0. The van der Waals surface area contributed by atoms with Crippen molar-refractivity contribution < 1.29 is 4.79 Å². The van der Waals surface area contributed by atoms with Crippen molar-refractivity contribution in [2.24, 2.45) is 0 Å². The van der Waals surface area contributed by atoms with Gasteiger partial charge in [0.05, 0.1) is 5.56 Å². The molecule has 0 amide bonds. The summed E-state index contributed by atoms with van der Waals surface area (Å²) < 4.78 is 0. The Morgan fingerprint density at radius 3 is 2.00 bits per heavy atom. The van der Waals surface area contributed by atoms with Gasteiger partial charge in [-0.25, -0.2) is 9.97 Å². The third kappa shape index (κ3) is 2.62. The van der Waals surface area contributed by atoms with Gasteiger partial charge in [-0.05, 0) is 11.0 Å². The lowest BCUT2D eigenvalue weighted by Gasteiger charge is -2.18. The van der Waals surface area contributed by atoms with Gasteiger partial charge in [-0.2, -0.15) is 0 Å². The van der Waals surface area contributed by atoms with E-state index in [9.17, 15) is 4.79 Å². The van der Waals surface area contributed by atoms with Gasteiger partial charge < -0.3 is 0 Å². The molecule has 1 heterocycles. The summed E-state index contributed by atoms with van der Waals surface area (Å²) in [5.74, 6) is 0.640. The van der Waals surface area contributed by atoms with Crippen molar-refractivity contribution in [1.82, 2.24) is 9.97 Å². The molecular formula is C15H16N2O. The highest BCUT2D eigenvalue weighted by molar-refractivity contribution is 5.73. The summed E-state index contributed by atoms with van der Waals surface area (Å²) in [6, 6.07) is 8.20. The first-order valence-corrected chi connectivity index (χ1v) is 5.89. The molecule has 0 bridgehead atoms. The molecule has 0 unspecified atom stereocenters. The van der Waals surface area contributed by atoms with Crippen LogP contribution in [0.5, 0.6) is 0 Å². The fourth-order valence-corrected chi connectivity index (χ4v) is 1.67. The number of carbonyl (C=O) groups is 1. The maximum atomic E-state index is 10.5. The Bertz CT molecular complexity index is 536. The number of nitrogens with zero attached hydrogens (tertiary/aromatic N) is 2. The van der Waals surface area contributed by atoms with Crippen LogP contribution in [-0.2, 0) is 5.41 Å². The molecule has 0 spiro atoms. The predicted molar refractivity (Wildman–Crippen MR) is 71.6 cm³/mol.